The number of rotatable bonds is 17. The summed E-state index contributed by atoms with van der Waals surface area (Å²) in [7, 11) is 5.72. The number of nitrogens with zero attached hydrogens (tertiary/aromatic N) is 5. The number of hydroxylamine groups is 1. The number of methoxy groups -OCH3 is 2. The molecule has 0 radical (unpaired) electrons. The molecule has 62 heavy (non-hydrogen) atoms. The number of amides is 4. The number of aliphatic hydroxyl groups excluding tert-OH is 1. The highest BCUT2D eigenvalue weighted by Gasteiger charge is 2.46. The van der Waals surface area contributed by atoms with Crippen LogP contribution < -0.4 is 34.2 Å². The second-order valence-corrected chi connectivity index (χ2v) is 18.0. The predicted molar refractivity (Wildman–Crippen MR) is 234 cm³/mol. The Bertz CT molecular complexity index is 2210. The molecule has 4 atom stereocenters. The molecule has 17 nitrogen and oxygen atoms in total. The summed E-state index contributed by atoms with van der Waals surface area (Å²) < 4.78 is 29.3. The van der Waals surface area contributed by atoms with Gasteiger partial charge in [0.15, 0.2) is 29.2 Å². The Balaban J connectivity index is 0.969. The molecule has 0 aliphatic carbocycles. The Morgan fingerprint density at radius 2 is 1.61 bits per heavy atom. The second kappa shape index (κ2) is 19.6. The minimum absolute atomic E-state index is 0.0350. The molecule has 7 rings (SSSR count). The number of aliphatic hydroxyl groups is 1. The van der Waals surface area contributed by atoms with Gasteiger partial charge in [-0.3, -0.25) is 19.6 Å². The molecule has 2 aromatic carbocycles. The number of pyridine rings is 1. The van der Waals surface area contributed by atoms with Gasteiger partial charge in [0.2, 0.25) is 6.41 Å². The molecule has 3 aromatic rings. The number of hydrogen-bond acceptors (Lipinski definition) is 15. The molecule has 0 unspecified atom stereocenters. The zero-order chi connectivity index (χ0) is 44.1. The summed E-state index contributed by atoms with van der Waals surface area (Å²) in [5.41, 5.74) is 3.52. The first-order valence-electron chi connectivity index (χ1n) is 20.2. The Morgan fingerprint density at radius 1 is 0.952 bits per heavy atom. The van der Waals surface area contributed by atoms with Gasteiger partial charge in [0, 0.05) is 37.0 Å². The SMILES string of the molecule is C=C1C[C@H]2CNc3cc(OCCCCCOc4cc5c(cc4OC)C(=O)N4CC(=C)C[C@H]4[C@H](O)N5C(=O)OC[C@@H](C)SSc4ccc(N(O)C=O)cn4)c(OC)cc3C(=O)N2C1. The van der Waals surface area contributed by atoms with Crippen molar-refractivity contribution in [2.75, 3.05) is 69.0 Å². The van der Waals surface area contributed by atoms with Crippen LogP contribution >= 0.6 is 21.6 Å². The fourth-order valence-corrected chi connectivity index (χ4v) is 9.66. The fraction of sp³-hybridized carbons (Fsp3) is 0.419. The molecule has 1 aromatic heterocycles. The van der Waals surface area contributed by atoms with Gasteiger partial charge in [0.1, 0.15) is 11.6 Å². The highest BCUT2D eigenvalue weighted by molar-refractivity contribution is 8.76. The van der Waals surface area contributed by atoms with Crippen molar-refractivity contribution < 1.29 is 53.2 Å². The lowest BCUT2D eigenvalue weighted by Crippen LogP contribution is -2.51. The van der Waals surface area contributed by atoms with E-state index in [9.17, 15) is 29.5 Å². The maximum Gasteiger partial charge on any atom is 0.416 e. The summed E-state index contributed by atoms with van der Waals surface area (Å²) in [6, 6.07) is 9.09. The number of carbonyl (C=O) groups is 4. The largest absolute Gasteiger partial charge is 0.493 e. The number of aromatic nitrogens is 1. The molecule has 3 N–H and O–H groups in total. The second-order valence-electron chi connectivity index (χ2n) is 15.4. The molecule has 4 aliphatic heterocycles. The molecular formula is C43H50N6O11S2. The topological polar surface area (TPSA) is 193 Å². The number of carbonyl (C=O) groups excluding carboxylic acids is 4. The summed E-state index contributed by atoms with van der Waals surface area (Å²) in [5, 5.41) is 25.5. The quantitative estimate of drug-likeness (QED) is 0.0349. The van der Waals surface area contributed by atoms with Gasteiger partial charge in [0.25, 0.3) is 11.8 Å². The third kappa shape index (κ3) is 9.55. The molecule has 2 fully saturated rings. The summed E-state index contributed by atoms with van der Waals surface area (Å²) in [4.78, 5) is 60.8. The monoisotopic (exact) mass is 890 g/mol. The Morgan fingerprint density at radius 3 is 2.29 bits per heavy atom. The number of hydrogen-bond donors (Lipinski definition) is 3. The molecule has 330 valence electrons. The molecule has 2 saturated heterocycles. The van der Waals surface area contributed by atoms with Crippen LogP contribution in [0.5, 0.6) is 23.0 Å². The maximum atomic E-state index is 14.0. The van der Waals surface area contributed by atoms with Crippen LogP contribution in [0.25, 0.3) is 0 Å². The first kappa shape index (κ1) is 44.4. The number of benzene rings is 2. The number of fused-ring (bicyclic) bond motifs is 4. The van der Waals surface area contributed by atoms with E-state index in [1.807, 2.05) is 17.9 Å². The van der Waals surface area contributed by atoms with Gasteiger partial charge in [-0.2, -0.15) is 5.06 Å². The van der Waals surface area contributed by atoms with Crippen molar-refractivity contribution in [2.45, 2.75) is 67.6 Å². The zero-order valence-electron chi connectivity index (χ0n) is 34.7. The normalized spacial score (nSPS) is 19.6. The minimum Gasteiger partial charge on any atom is -0.493 e. The van der Waals surface area contributed by atoms with Crippen molar-refractivity contribution in [3.05, 3.63) is 78.0 Å². The zero-order valence-corrected chi connectivity index (χ0v) is 36.4. The van der Waals surface area contributed by atoms with E-state index in [-0.39, 0.29) is 77.7 Å². The van der Waals surface area contributed by atoms with E-state index in [2.05, 4.69) is 23.5 Å². The van der Waals surface area contributed by atoms with Crippen molar-refractivity contribution in [1.82, 2.24) is 14.8 Å². The van der Waals surface area contributed by atoms with E-state index in [4.69, 9.17) is 23.7 Å². The van der Waals surface area contributed by atoms with Gasteiger partial charge in [-0.25, -0.2) is 14.7 Å². The third-order valence-corrected chi connectivity index (χ3v) is 13.7. The van der Waals surface area contributed by atoms with E-state index in [1.54, 1.807) is 19.2 Å². The number of anilines is 3. The van der Waals surface area contributed by atoms with Crippen molar-refractivity contribution >= 4 is 63.0 Å². The van der Waals surface area contributed by atoms with Gasteiger partial charge in [0.05, 0.1) is 73.9 Å². The van der Waals surface area contributed by atoms with Gasteiger partial charge < -0.3 is 43.9 Å². The van der Waals surface area contributed by atoms with Gasteiger partial charge in [-0.1, -0.05) is 35.1 Å². The number of unbranched alkanes of at least 4 members (excludes halogenated alkanes) is 2. The molecule has 5 heterocycles. The van der Waals surface area contributed by atoms with Crippen LogP contribution in [0.1, 0.15) is 59.7 Å². The molecule has 19 heteroatoms. The van der Waals surface area contributed by atoms with Crippen molar-refractivity contribution in [3.63, 3.8) is 0 Å². The van der Waals surface area contributed by atoms with Crippen molar-refractivity contribution in [3.8, 4) is 23.0 Å². The van der Waals surface area contributed by atoms with Crippen LogP contribution in [0, 0.1) is 0 Å². The fourth-order valence-electron chi connectivity index (χ4n) is 7.80. The average Bonchev–Trinajstić information content (AvgIpc) is 3.82. The molecule has 4 amide bonds. The van der Waals surface area contributed by atoms with Crippen LogP contribution in [-0.4, -0.2) is 127 Å². The Labute approximate surface area is 367 Å². The van der Waals surface area contributed by atoms with Gasteiger partial charge in [-0.05, 0) is 74.1 Å². The first-order valence-corrected chi connectivity index (χ1v) is 22.4. The predicted octanol–water partition coefficient (Wildman–Crippen LogP) is 6.15. The molecule has 4 aliphatic rings. The van der Waals surface area contributed by atoms with E-state index >= 15 is 0 Å². The summed E-state index contributed by atoms with van der Waals surface area (Å²) in [6.07, 6.45) is 2.47. The average molecular weight is 891 g/mol. The van der Waals surface area contributed by atoms with E-state index in [0.717, 1.165) is 28.9 Å². The lowest BCUT2D eigenvalue weighted by molar-refractivity contribution is -0.111. The Kier molecular flexibility index (Phi) is 14.0. The van der Waals surface area contributed by atoms with Crippen LogP contribution in [-0.2, 0) is 9.53 Å². The molecule has 0 spiro atoms. The van der Waals surface area contributed by atoms with E-state index < -0.39 is 18.4 Å². The lowest BCUT2D eigenvalue weighted by Gasteiger charge is -2.31. The summed E-state index contributed by atoms with van der Waals surface area (Å²) >= 11 is 0. The highest BCUT2D eigenvalue weighted by Crippen LogP contribution is 2.43. The van der Waals surface area contributed by atoms with Crippen LogP contribution in [0.3, 0.4) is 0 Å². The molecule has 0 bridgehead atoms. The summed E-state index contributed by atoms with van der Waals surface area (Å²) in [6.45, 7) is 12.0. The van der Waals surface area contributed by atoms with Crippen molar-refractivity contribution in [1.29, 1.82) is 0 Å². The summed E-state index contributed by atoms with van der Waals surface area (Å²) in [5.74, 6) is 1.14. The van der Waals surface area contributed by atoms with E-state index in [0.29, 0.717) is 71.8 Å². The lowest BCUT2D eigenvalue weighted by atomic mass is 10.1. The molecular weight excluding hydrogens is 841 g/mol. The van der Waals surface area contributed by atoms with Crippen molar-refractivity contribution in [2.24, 2.45) is 0 Å². The Hall–Kier alpha value is -5.63. The van der Waals surface area contributed by atoms with E-state index in [1.165, 1.54) is 58.0 Å². The standard InChI is InChI=1S/C43H50N6O11S2/c1-25-13-29-20-44-32-17-37(35(56-4)15-30(32)40(51)46(29)21-25)58-11-7-6-8-12-59-38-18-33-31(16-36(38)57-5)41(52)47-22-26(2)14-34(47)42(53)49(33)43(54)60-23-27(3)61-62-39-10-9-28(19-45-39)48(55)24-50/h9-10,15-19,24,27,29,34,42,44,53,55H,1-2,6-8,11-14,20-23H2,3-5H3/t27-,29+,34+,42+/m1/s1. The maximum absolute atomic E-state index is 14.0. The van der Waals surface area contributed by atoms with Crippen LogP contribution in [0.15, 0.2) is 71.9 Å². The van der Waals surface area contributed by atoms with Gasteiger partial charge in [-0.15, -0.1) is 0 Å². The van der Waals surface area contributed by atoms with Crippen LogP contribution in [0.4, 0.5) is 21.9 Å². The number of ether oxygens (including phenoxy) is 5. The third-order valence-electron chi connectivity index (χ3n) is 10.9. The smallest absolute Gasteiger partial charge is 0.416 e. The molecule has 0 saturated carbocycles. The highest BCUT2D eigenvalue weighted by atomic mass is 33.1. The van der Waals surface area contributed by atoms with Gasteiger partial charge >= 0.3 is 6.09 Å². The number of nitrogens with one attached hydrogen (secondary N) is 1. The first-order chi connectivity index (χ1) is 29.9. The van der Waals surface area contributed by atoms with Crippen LogP contribution in [0.2, 0.25) is 0 Å². The minimum atomic E-state index is -1.45.